The van der Waals surface area contributed by atoms with Gasteiger partial charge in [-0.1, -0.05) is 22.9 Å². The first-order chi connectivity index (χ1) is 14.7. The van der Waals surface area contributed by atoms with Gasteiger partial charge in [0.15, 0.2) is 15.6 Å². The van der Waals surface area contributed by atoms with Crippen molar-refractivity contribution >= 4 is 42.6 Å². The average molecular weight is 506 g/mol. The minimum Gasteiger partial charge on any atom is -0.464 e. The molecule has 31 heavy (non-hydrogen) atoms. The number of rotatable bonds is 5. The molecule has 1 saturated heterocycles. The summed E-state index contributed by atoms with van der Waals surface area (Å²) in [4.78, 5) is 15.2. The first-order valence-electron chi connectivity index (χ1n) is 10.5. The Morgan fingerprint density at radius 1 is 1.23 bits per heavy atom. The summed E-state index contributed by atoms with van der Waals surface area (Å²) in [5.74, 6) is 2.69. The molecule has 3 aromatic rings. The molecule has 1 aromatic carbocycles. The van der Waals surface area contributed by atoms with Crippen LogP contribution in [0, 0.1) is 12.8 Å². The van der Waals surface area contributed by atoms with Crippen LogP contribution in [0.1, 0.15) is 53.3 Å². The molecule has 1 saturated carbocycles. The van der Waals surface area contributed by atoms with Gasteiger partial charge in [-0.25, -0.2) is 8.42 Å². The Balaban J connectivity index is 1.48. The second-order valence-corrected chi connectivity index (χ2v) is 12.0. The van der Waals surface area contributed by atoms with Gasteiger partial charge in [0.05, 0.1) is 18.1 Å². The van der Waals surface area contributed by atoms with Gasteiger partial charge in [0.1, 0.15) is 17.1 Å². The maximum absolute atomic E-state index is 13.6. The molecule has 6 nitrogen and oxygen atoms in total. The fourth-order valence-corrected chi connectivity index (χ4v) is 6.56. The molecule has 0 N–H and O–H groups in total. The zero-order chi connectivity index (χ0) is 21.9. The molecule has 164 valence electrons. The van der Waals surface area contributed by atoms with Crippen molar-refractivity contribution in [3.63, 3.8) is 0 Å². The quantitative estimate of drug-likeness (QED) is 0.484. The SMILES string of the molecule is Cc1c(C(=O)N(Cc2ccc(C3CC3C)o2)C2CCS(=O)(=O)C2)oc2cc(Br)ccc12. The highest BCUT2D eigenvalue weighted by Crippen LogP contribution is 2.47. The van der Waals surface area contributed by atoms with Gasteiger partial charge in [-0.15, -0.1) is 0 Å². The van der Waals surface area contributed by atoms with Crippen LogP contribution in [-0.4, -0.2) is 36.8 Å². The molecule has 5 rings (SSSR count). The number of halogens is 1. The molecule has 0 radical (unpaired) electrons. The van der Waals surface area contributed by atoms with E-state index in [0.717, 1.165) is 27.6 Å². The van der Waals surface area contributed by atoms with Crippen molar-refractivity contribution in [1.82, 2.24) is 4.90 Å². The number of fused-ring (bicyclic) bond motifs is 1. The van der Waals surface area contributed by atoms with E-state index in [-0.39, 0.29) is 29.7 Å². The van der Waals surface area contributed by atoms with Gasteiger partial charge in [0.25, 0.3) is 5.91 Å². The number of aryl methyl sites for hydroxylation is 1. The maximum Gasteiger partial charge on any atom is 0.290 e. The first-order valence-corrected chi connectivity index (χ1v) is 13.1. The van der Waals surface area contributed by atoms with Crippen LogP contribution in [0.15, 0.2) is 43.6 Å². The van der Waals surface area contributed by atoms with Crippen LogP contribution in [0.4, 0.5) is 0 Å². The molecular formula is C23H24BrNO5S. The minimum atomic E-state index is -3.16. The van der Waals surface area contributed by atoms with Crippen LogP contribution in [0.2, 0.25) is 0 Å². The van der Waals surface area contributed by atoms with E-state index in [4.69, 9.17) is 8.83 Å². The van der Waals surface area contributed by atoms with Gasteiger partial charge in [-0.05, 0) is 56.0 Å². The third-order valence-corrected chi connectivity index (χ3v) is 8.73. The smallest absolute Gasteiger partial charge is 0.290 e. The Kier molecular flexibility index (Phi) is 5.05. The normalized spacial score (nSPS) is 24.5. The number of carbonyl (C=O) groups is 1. The van der Waals surface area contributed by atoms with Gasteiger partial charge in [-0.3, -0.25) is 4.79 Å². The van der Waals surface area contributed by atoms with Crippen LogP contribution in [0.25, 0.3) is 11.0 Å². The number of nitrogens with zero attached hydrogens (tertiary/aromatic N) is 1. The molecule has 1 aliphatic carbocycles. The van der Waals surface area contributed by atoms with Gasteiger partial charge in [-0.2, -0.15) is 0 Å². The molecular weight excluding hydrogens is 482 g/mol. The fraction of sp³-hybridized carbons (Fsp3) is 0.435. The van der Waals surface area contributed by atoms with Gasteiger partial charge < -0.3 is 13.7 Å². The van der Waals surface area contributed by atoms with Crippen molar-refractivity contribution in [3.8, 4) is 0 Å². The molecule has 3 unspecified atom stereocenters. The molecule has 0 bridgehead atoms. The van der Waals surface area contributed by atoms with Crippen LogP contribution in [-0.2, 0) is 16.4 Å². The van der Waals surface area contributed by atoms with E-state index in [0.29, 0.717) is 29.6 Å². The van der Waals surface area contributed by atoms with Gasteiger partial charge in [0.2, 0.25) is 0 Å². The molecule has 2 aliphatic rings. The van der Waals surface area contributed by atoms with Crippen molar-refractivity contribution in [2.45, 2.75) is 45.2 Å². The summed E-state index contributed by atoms with van der Waals surface area (Å²) in [6, 6.07) is 9.12. The van der Waals surface area contributed by atoms with E-state index >= 15 is 0 Å². The second-order valence-electron chi connectivity index (χ2n) is 8.81. The molecule has 2 fully saturated rings. The third-order valence-electron chi connectivity index (χ3n) is 6.49. The standard InChI is InChI=1S/C23H24BrNO5S/c1-13-9-19(13)20-6-4-17(29-20)11-25(16-7-8-31(27,28)12-16)23(26)22-14(2)18-5-3-15(24)10-21(18)30-22/h3-6,10,13,16,19H,7-9,11-12H2,1-2H3. The molecule has 0 spiro atoms. The molecule has 1 amide bonds. The zero-order valence-electron chi connectivity index (χ0n) is 17.4. The molecule has 2 aromatic heterocycles. The number of sulfone groups is 1. The van der Waals surface area contributed by atoms with Crippen LogP contribution in [0.3, 0.4) is 0 Å². The Hall–Kier alpha value is -2.06. The highest BCUT2D eigenvalue weighted by molar-refractivity contribution is 9.10. The Labute approximate surface area is 189 Å². The van der Waals surface area contributed by atoms with E-state index in [9.17, 15) is 13.2 Å². The van der Waals surface area contributed by atoms with E-state index < -0.39 is 15.9 Å². The van der Waals surface area contributed by atoms with Crippen molar-refractivity contribution in [1.29, 1.82) is 0 Å². The summed E-state index contributed by atoms with van der Waals surface area (Å²) in [5.41, 5.74) is 1.38. The van der Waals surface area contributed by atoms with Crippen molar-refractivity contribution < 1.29 is 22.0 Å². The predicted octanol–water partition coefficient (Wildman–Crippen LogP) is 5.05. The molecule has 1 aliphatic heterocycles. The summed E-state index contributed by atoms with van der Waals surface area (Å²) in [7, 11) is -3.16. The monoisotopic (exact) mass is 505 g/mol. The zero-order valence-corrected chi connectivity index (χ0v) is 19.8. The number of benzene rings is 1. The number of amides is 1. The summed E-state index contributed by atoms with van der Waals surface area (Å²) in [6.45, 7) is 4.27. The molecule has 3 heterocycles. The topological polar surface area (TPSA) is 80.7 Å². The minimum absolute atomic E-state index is 0.0310. The summed E-state index contributed by atoms with van der Waals surface area (Å²) in [6.07, 6.45) is 1.54. The van der Waals surface area contributed by atoms with Crippen molar-refractivity contribution in [2.24, 2.45) is 5.92 Å². The van der Waals surface area contributed by atoms with Crippen LogP contribution >= 0.6 is 15.9 Å². The Morgan fingerprint density at radius 2 is 2.00 bits per heavy atom. The highest BCUT2D eigenvalue weighted by atomic mass is 79.9. The van der Waals surface area contributed by atoms with Crippen LogP contribution in [0.5, 0.6) is 0 Å². The number of hydrogen-bond donors (Lipinski definition) is 0. The van der Waals surface area contributed by atoms with E-state index in [1.165, 1.54) is 0 Å². The number of hydrogen-bond acceptors (Lipinski definition) is 5. The van der Waals surface area contributed by atoms with E-state index in [1.807, 2.05) is 37.3 Å². The van der Waals surface area contributed by atoms with Gasteiger partial charge in [0, 0.05) is 27.4 Å². The van der Waals surface area contributed by atoms with Crippen LogP contribution < -0.4 is 0 Å². The maximum atomic E-state index is 13.6. The Bertz CT molecular complexity index is 1270. The number of furan rings is 2. The lowest BCUT2D eigenvalue weighted by Gasteiger charge is -2.26. The first kappa shape index (κ1) is 20.8. The second kappa shape index (κ2) is 7.52. The van der Waals surface area contributed by atoms with E-state index in [1.54, 1.807) is 4.90 Å². The molecule has 3 atom stereocenters. The Morgan fingerprint density at radius 3 is 2.68 bits per heavy atom. The summed E-state index contributed by atoms with van der Waals surface area (Å²) < 4.78 is 37.1. The largest absolute Gasteiger partial charge is 0.464 e. The lowest BCUT2D eigenvalue weighted by atomic mass is 10.1. The lowest BCUT2D eigenvalue weighted by molar-refractivity contribution is 0.0634. The predicted molar refractivity (Wildman–Crippen MR) is 121 cm³/mol. The third kappa shape index (κ3) is 3.96. The number of carbonyl (C=O) groups excluding carboxylic acids is 1. The van der Waals surface area contributed by atoms with E-state index in [2.05, 4.69) is 22.9 Å². The van der Waals surface area contributed by atoms with Crippen molar-refractivity contribution in [3.05, 3.63) is 57.6 Å². The van der Waals surface area contributed by atoms with Gasteiger partial charge >= 0.3 is 0 Å². The summed E-state index contributed by atoms with van der Waals surface area (Å²) in [5, 5.41) is 0.869. The molecule has 8 heteroatoms. The summed E-state index contributed by atoms with van der Waals surface area (Å²) >= 11 is 3.43. The highest BCUT2D eigenvalue weighted by Gasteiger charge is 2.39. The lowest BCUT2D eigenvalue weighted by Crippen LogP contribution is -2.40. The fourth-order valence-electron chi connectivity index (χ4n) is 4.49. The average Bonchev–Trinajstić information content (AvgIpc) is 3.05. The van der Waals surface area contributed by atoms with Crippen molar-refractivity contribution in [2.75, 3.05) is 11.5 Å².